The van der Waals surface area contributed by atoms with Gasteiger partial charge in [0.1, 0.15) is 11.2 Å². The van der Waals surface area contributed by atoms with Crippen molar-refractivity contribution in [3.8, 4) is 0 Å². The van der Waals surface area contributed by atoms with E-state index >= 15 is 0 Å². The van der Waals surface area contributed by atoms with Gasteiger partial charge in [-0.15, -0.1) is 0 Å². The number of fused-ring (bicyclic) bond motifs is 8. The van der Waals surface area contributed by atoms with Crippen molar-refractivity contribution in [2.75, 3.05) is 0 Å². The largest absolute Gasteiger partial charge is 0.456 e. The second-order valence-corrected chi connectivity index (χ2v) is 9.41. The molecule has 0 heterocycles. The van der Waals surface area contributed by atoms with Gasteiger partial charge in [0.15, 0.2) is 0 Å². The number of rotatable bonds is 2. The van der Waals surface area contributed by atoms with E-state index < -0.39 is 23.1 Å². The summed E-state index contributed by atoms with van der Waals surface area (Å²) in [4.78, 5) is 26.2. The summed E-state index contributed by atoms with van der Waals surface area (Å²) in [6.07, 6.45) is 7.00. The molecule has 1 aromatic carbocycles. The number of esters is 2. The third-order valence-corrected chi connectivity index (χ3v) is 4.48. The van der Waals surface area contributed by atoms with Gasteiger partial charge >= 0.3 is 11.9 Å². The van der Waals surface area contributed by atoms with E-state index in [4.69, 9.17) is 9.47 Å². The highest BCUT2D eigenvalue weighted by atomic mass is 16.6. The standard InChI is InChI=1S/C23H34O4/c1-22(2,3)26-20(24)18-16-12-10-8-7-9-11-13-17(15-14-16)19(18)21(25)27-23(4,5)6/h14-15H,7-13H2,1-6H3. The number of aryl methyl sites for hydroxylation is 2. The first-order valence-electron chi connectivity index (χ1n) is 10.1. The van der Waals surface area contributed by atoms with E-state index in [9.17, 15) is 9.59 Å². The van der Waals surface area contributed by atoms with Gasteiger partial charge in [-0.05, 0) is 78.4 Å². The minimum absolute atomic E-state index is 0.401. The maximum Gasteiger partial charge on any atom is 0.339 e. The van der Waals surface area contributed by atoms with Crippen LogP contribution < -0.4 is 0 Å². The maximum atomic E-state index is 13.1. The molecule has 0 saturated carbocycles. The molecule has 2 aliphatic rings. The topological polar surface area (TPSA) is 52.6 Å². The molecule has 4 nitrogen and oxygen atoms in total. The van der Waals surface area contributed by atoms with E-state index in [-0.39, 0.29) is 0 Å². The third kappa shape index (κ3) is 6.37. The lowest BCUT2D eigenvalue weighted by atomic mass is 9.91. The van der Waals surface area contributed by atoms with Gasteiger partial charge in [-0.1, -0.05) is 31.4 Å². The summed E-state index contributed by atoms with van der Waals surface area (Å²) in [5.41, 5.74) is 1.33. The lowest BCUT2D eigenvalue weighted by molar-refractivity contribution is 0.00165. The Morgan fingerprint density at radius 1 is 0.667 bits per heavy atom. The van der Waals surface area contributed by atoms with Gasteiger partial charge in [0.2, 0.25) is 0 Å². The number of hydrogen-bond acceptors (Lipinski definition) is 4. The van der Waals surface area contributed by atoms with Crippen LogP contribution in [0, 0.1) is 0 Å². The van der Waals surface area contributed by atoms with E-state index in [1.807, 2.05) is 53.7 Å². The Balaban J connectivity index is 2.60. The molecular formula is C23H34O4. The molecule has 2 bridgehead atoms. The number of hydrogen-bond donors (Lipinski definition) is 0. The first kappa shape index (κ1) is 21.5. The molecule has 3 rings (SSSR count). The lowest BCUT2D eigenvalue weighted by Gasteiger charge is -2.25. The smallest absolute Gasteiger partial charge is 0.339 e. The minimum atomic E-state index is -0.622. The predicted octanol–water partition coefficient (Wildman–Crippen LogP) is 5.65. The fraction of sp³-hybridized carbons (Fsp3) is 0.652. The van der Waals surface area contributed by atoms with Crippen LogP contribution in [0.2, 0.25) is 0 Å². The van der Waals surface area contributed by atoms with Crippen molar-refractivity contribution >= 4 is 11.9 Å². The Kier molecular flexibility index (Phi) is 6.72. The third-order valence-electron chi connectivity index (χ3n) is 4.48. The molecule has 2 aliphatic carbocycles. The zero-order chi connectivity index (χ0) is 20.2. The minimum Gasteiger partial charge on any atom is -0.456 e. The summed E-state index contributed by atoms with van der Waals surface area (Å²) in [6, 6.07) is 3.99. The van der Waals surface area contributed by atoms with Crippen molar-refractivity contribution in [3.63, 3.8) is 0 Å². The molecule has 0 spiro atoms. The van der Waals surface area contributed by atoms with E-state index in [1.54, 1.807) is 0 Å². The molecule has 27 heavy (non-hydrogen) atoms. The maximum absolute atomic E-state index is 13.1. The normalized spacial score (nSPS) is 15.8. The van der Waals surface area contributed by atoms with Crippen molar-refractivity contribution in [3.05, 3.63) is 34.4 Å². The molecule has 0 unspecified atom stereocenters. The SMILES string of the molecule is CC(C)(C)OC(=O)c1c2ccc(c1C(=O)OC(C)(C)C)CCCCCCC2. The van der Waals surface area contributed by atoms with Gasteiger partial charge < -0.3 is 9.47 Å². The van der Waals surface area contributed by atoms with Gasteiger partial charge in [0.25, 0.3) is 0 Å². The Hall–Kier alpha value is -1.84. The molecule has 0 fully saturated rings. The molecule has 4 heteroatoms. The first-order valence-corrected chi connectivity index (χ1v) is 10.1. The van der Waals surface area contributed by atoms with Crippen LogP contribution in [0.25, 0.3) is 0 Å². The van der Waals surface area contributed by atoms with Crippen molar-refractivity contribution in [1.82, 2.24) is 0 Å². The first-order chi connectivity index (χ1) is 12.5. The fourth-order valence-corrected chi connectivity index (χ4v) is 3.39. The zero-order valence-corrected chi connectivity index (χ0v) is 17.7. The van der Waals surface area contributed by atoms with Crippen LogP contribution in [0.15, 0.2) is 12.1 Å². The second-order valence-electron chi connectivity index (χ2n) is 9.41. The summed E-state index contributed by atoms with van der Waals surface area (Å²) in [5, 5.41) is 0. The second kappa shape index (κ2) is 8.45. The summed E-state index contributed by atoms with van der Waals surface area (Å²) in [5.74, 6) is -0.862. The van der Waals surface area contributed by atoms with E-state index in [2.05, 4.69) is 0 Å². The summed E-state index contributed by atoms with van der Waals surface area (Å²) < 4.78 is 11.3. The van der Waals surface area contributed by atoms with Gasteiger partial charge in [-0.3, -0.25) is 0 Å². The summed E-state index contributed by atoms with van der Waals surface area (Å²) in [6.45, 7) is 11.1. The molecule has 0 aromatic heterocycles. The van der Waals surface area contributed by atoms with Crippen LogP contribution in [0.4, 0.5) is 0 Å². The molecule has 1 aromatic rings. The Labute approximate surface area is 163 Å². The summed E-state index contributed by atoms with van der Waals surface area (Å²) >= 11 is 0. The highest BCUT2D eigenvalue weighted by Gasteiger charge is 2.30. The number of carbonyl (C=O) groups excluding carboxylic acids is 2. The van der Waals surface area contributed by atoms with E-state index in [1.165, 1.54) is 6.42 Å². The summed E-state index contributed by atoms with van der Waals surface area (Å²) in [7, 11) is 0. The highest BCUT2D eigenvalue weighted by molar-refractivity contribution is 6.05. The van der Waals surface area contributed by atoms with E-state index in [0.717, 1.165) is 49.7 Å². The van der Waals surface area contributed by atoms with E-state index in [0.29, 0.717) is 11.1 Å². The van der Waals surface area contributed by atoms with Crippen molar-refractivity contribution in [1.29, 1.82) is 0 Å². The van der Waals surface area contributed by atoms with Crippen molar-refractivity contribution in [2.45, 2.75) is 97.7 Å². The van der Waals surface area contributed by atoms with Crippen LogP contribution in [0.1, 0.15) is 105 Å². The van der Waals surface area contributed by atoms with Crippen LogP contribution in [0.3, 0.4) is 0 Å². The van der Waals surface area contributed by atoms with Gasteiger partial charge in [0, 0.05) is 0 Å². The number of carbonyl (C=O) groups is 2. The van der Waals surface area contributed by atoms with Crippen molar-refractivity contribution < 1.29 is 19.1 Å². The van der Waals surface area contributed by atoms with Crippen LogP contribution >= 0.6 is 0 Å². The molecule has 150 valence electrons. The highest BCUT2D eigenvalue weighted by Crippen LogP contribution is 2.29. The van der Waals surface area contributed by atoms with Crippen LogP contribution in [-0.4, -0.2) is 23.1 Å². The molecule has 0 radical (unpaired) electrons. The molecule has 0 amide bonds. The number of benzene rings is 1. The monoisotopic (exact) mass is 374 g/mol. The van der Waals surface area contributed by atoms with Crippen LogP contribution in [-0.2, 0) is 22.3 Å². The Morgan fingerprint density at radius 2 is 1.00 bits per heavy atom. The molecule has 0 saturated heterocycles. The Bertz CT molecular complexity index is 631. The quantitative estimate of drug-likeness (QED) is 0.628. The average molecular weight is 375 g/mol. The molecule has 0 atom stereocenters. The van der Waals surface area contributed by atoms with Gasteiger partial charge in [-0.2, -0.15) is 0 Å². The molecule has 0 N–H and O–H groups in total. The number of ether oxygens (including phenoxy) is 2. The van der Waals surface area contributed by atoms with Crippen LogP contribution in [0.5, 0.6) is 0 Å². The van der Waals surface area contributed by atoms with Crippen molar-refractivity contribution in [2.24, 2.45) is 0 Å². The molecule has 0 aliphatic heterocycles. The van der Waals surface area contributed by atoms with Gasteiger partial charge in [0.05, 0.1) is 11.1 Å². The Morgan fingerprint density at radius 3 is 1.33 bits per heavy atom. The predicted molar refractivity (Wildman–Crippen MR) is 107 cm³/mol. The van der Waals surface area contributed by atoms with Gasteiger partial charge in [-0.25, -0.2) is 9.59 Å². The zero-order valence-electron chi connectivity index (χ0n) is 17.7. The molecular weight excluding hydrogens is 340 g/mol. The average Bonchev–Trinajstić information content (AvgIpc) is 2.57. The fourth-order valence-electron chi connectivity index (χ4n) is 3.39. The lowest BCUT2D eigenvalue weighted by Crippen LogP contribution is -2.29.